The van der Waals surface area contributed by atoms with Crippen molar-refractivity contribution in [3.05, 3.63) is 22.8 Å². The minimum absolute atomic E-state index is 0.0557. The highest BCUT2D eigenvalue weighted by Gasteiger charge is 2.42. The van der Waals surface area contributed by atoms with Crippen LogP contribution in [-0.4, -0.2) is 24.2 Å². The molecule has 0 bridgehead atoms. The van der Waals surface area contributed by atoms with E-state index in [9.17, 15) is 13.2 Å². The average Bonchev–Trinajstić information content (AvgIpc) is 2.38. The van der Waals surface area contributed by atoms with Crippen molar-refractivity contribution >= 4 is 29.0 Å². The lowest BCUT2D eigenvalue weighted by atomic mass is 9.97. The summed E-state index contributed by atoms with van der Waals surface area (Å²) in [7, 11) is 0. The molecule has 0 aromatic carbocycles. The van der Waals surface area contributed by atoms with Gasteiger partial charge in [-0.3, -0.25) is 0 Å². The van der Waals surface area contributed by atoms with Gasteiger partial charge in [-0.25, -0.2) is 4.98 Å². The topological polar surface area (TPSA) is 16.1 Å². The van der Waals surface area contributed by atoms with E-state index in [1.165, 1.54) is 0 Å². The summed E-state index contributed by atoms with van der Waals surface area (Å²) in [5.74, 6) is -0.643. The molecule has 1 fully saturated rings. The van der Waals surface area contributed by atoms with E-state index in [1.807, 2.05) is 0 Å². The van der Waals surface area contributed by atoms with E-state index in [1.54, 1.807) is 17.0 Å². The Morgan fingerprint density at radius 2 is 2.11 bits per heavy atom. The van der Waals surface area contributed by atoms with Crippen molar-refractivity contribution in [2.45, 2.75) is 24.9 Å². The van der Waals surface area contributed by atoms with Crippen molar-refractivity contribution in [2.75, 3.05) is 18.0 Å². The van der Waals surface area contributed by atoms with Crippen LogP contribution in [0, 0.1) is 5.92 Å². The van der Waals surface area contributed by atoms with E-state index in [2.05, 4.69) is 4.98 Å². The molecule has 0 spiro atoms. The van der Waals surface area contributed by atoms with E-state index >= 15 is 0 Å². The van der Waals surface area contributed by atoms with Gasteiger partial charge in [-0.1, -0.05) is 11.6 Å². The lowest BCUT2D eigenvalue weighted by Gasteiger charge is -2.34. The molecule has 2 heterocycles. The van der Waals surface area contributed by atoms with Gasteiger partial charge in [0, 0.05) is 13.1 Å². The van der Waals surface area contributed by atoms with Gasteiger partial charge in [0.15, 0.2) is 0 Å². The fourth-order valence-electron chi connectivity index (χ4n) is 2.20. The third-order valence-corrected chi connectivity index (χ3v) is 3.84. The normalized spacial score (nSPS) is 20.7. The monoisotopic (exact) mass is 312 g/mol. The first-order valence-corrected chi connectivity index (χ1v) is 6.86. The van der Waals surface area contributed by atoms with E-state index in [0.29, 0.717) is 29.5 Å². The van der Waals surface area contributed by atoms with E-state index in [4.69, 9.17) is 23.2 Å². The van der Waals surface area contributed by atoms with Gasteiger partial charge in [0.1, 0.15) is 5.82 Å². The Morgan fingerprint density at radius 3 is 2.74 bits per heavy atom. The minimum Gasteiger partial charge on any atom is -0.356 e. The summed E-state index contributed by atoms with van der Waals surface area (Å²) >= 11 is 11.6. The number of hydrogen-bond acceptors (Lipinski definition) is 2. The maximum absolute atomic E-state index is 12.8. The standard InChI is InChI=1S/C12H13Cl2F3N2/c13-6-10-9(14)3-4-11(18-10)19-5-1-2-8(7-19)12(15,16)17/h3-4,8H,1-2,5-7H2. The molecule has 0 amide bonds. The fourth-order valence-corrected chi connectivity index (χ4v) is 2.64. The van der Waals surface area contributed by atoms with Crippen molar-refractivity contribution in [1.29, 1.82) is 0 Å². The fraction of sp³-hybridized carbons (Fsp3) is 0.583. The van der Waals surface area contributed by atoms with Gasteiger partial charge in [-0.05, 0) is 25.0 Å². The summed E-state index contributed by atoms with van der Waals surface area (Å²) in [4.78, 5) is 5.87. The van der Waals surface area contributed by atoms with Crippen LogP contribution in [0.25, 0.3) is 0 Å². The lowest BCUT2D eigenvalue weighted by molar-refractivity contribution is -0.176. The number of nitrogens with zero attached hydrogens (tertiary/aromatic N) is 2. The average molecular weight is 313 g/mol. The van der Waals surface area contributed by atoms with Gasteiger partial charge in [0.25, 0.3) is 0 Å². The predicted molar refractivity (Wildman–Crippen MR) is 69.8 cm³/mol. The molecule has 1 aliphatic heterocycles. The highest BCUT2D eigenvalue weighted by molar-refractivity contribution is 6.32. The quantitative estimate of drug-likeness (QED) is 0.759. The maximum Gasteiger partial charge on any atom is 0.393 e. The Hall–Kier alpha value is -0.680. The number of anilines is 1. The van der Waals surface area contributed by atoms with Crippen LogP contribution in [0.5, 0.6) is 0 Å². The Bertz CT molecular complexity index is 451. The van der Waals surface area contributed by atoms with E-state index < -0.39 is 12.1 Å². The summed E-state index contributed by atoms with van der Waals surface area (Å²) in [5, 5.41) is 0.433. The molecule has 1 aliphatic rings. The number of hydrogen-bond donors (Lipinski definition) is 0. The SMILES string of the molecule is FC(F)(F)C1CCCN(c2ccc(Cl)c(CCl)n2)C1. The first kappa shape index (κ1) is 14.7. The molecule has 0 N–H and O–H groups in total. The second-order valence-electron chi connectivity index (χ2n) is 4.56. The van der Waals surface area contributed by atoms with Crippen LogP contribution in [0.3, 0.4) is 0 Å². The van der Waals surface area contributed by atoms with Crippen LogP contribution in [0.2, 0.25) is 5.02 Å². The number of rotatable bonds is 2. The Labute approximate surface area is 119 Å². The molecule has 0 saturated carbocycles. The Balaban J connectivity index is 2.17. The highest BCUT2D eigenvalue weighted by atomic mass is 35.5. The zero-order valence-corrected chi connectivity index (χ0v) is 11.6. The molecule has 0 aliphatic carbocycles. The molecule has 2 rings (SSSR count). The lowest BCUT2D eigenvalue weighted by Crippen LogP contribution is -2.42. The minimum atomic E-state index is -4.15. The first-order valence-electron chi connectivity index (χ1n) is 5.95. The van der Waals surface area contributed by atoms with Crippen molar-refractivity contribution in [3.8, 4) is 0 Å². The number of aromatic nitrogens is 1. The van der Waals surface area contributed by atoms with Gasteiger partial charge >= 0.3 is 6.18 Å². The van der Waals surface area contributed by atoms with Crippen molar-refractivity contribution in [1.82, 2.24) is 4.98 Å². The molecule has 1 aromatic heterocycles. The van der Waals surface area contributed by atoms with Crippen molar-refractivity contribution in [3.63, 3.8) is 0 Å². The molecular weight excluding hydrogens is 300 g/mol. The summed E-state index contributed by atoms with van der Waals surface area (Å²) in [6.07, 6.45) is -3.47. The second kappa shape index (κ2) is 5.75. The number of pyridine rings is 1. The molecule has 1 saturated heterocycles. The smallest absolute Gasteiger partial charge is 0.356 e. The molecule has 7 heteroatoms. The first-order chi connectivity index (χ1) is 8.91. The zero-order chi connectivity index (χ0) is 14.0. The van der Waals surface area contributed by atoms with Crippen LogP contribution in [0.1, 0.15) is 18.5 Å². The highest BCUT2D eigenvalue weighted by Crippen LogP contribution is 2.34. The van der Waals surface area contributed by atoms with Crippen LogP contribution >= 0.6 is 23.2 Å². The maximum atomic E-state index is 12.8. The van der Waals surface area contributed by atoms with Crippen molar-refractivity contribution in [2.24, 2.45) is 5.92 Å². The Kier molecular flexibility index (Phi) is 4.46. The van der Waals surface area contributed by atoms with E-state index in [0.717, 1.165) is 0 Å². The van der Waals surface area contributed by atoms with E-state index in [-0.39, 0.29) is 18.8 Å². The largest absolute Gasteiger partial charge is 0.393 e. The molecule has 106 valence electrons. The van der Waals surface area contributed by atoms with Gasteiger partial charge in [0.2, 0.25) is 0 Å². The molecular formula is C12H13Cl2F3N2. The number of halogens is 5. The number of alkyl halides is 4. The van der Waals surface area contributed by atoms with Gasteiger partial charge in [-0.2, -0.15) is 13.2 Å². The van der Waals surface area contributed by atoms with Crippen LogP contribution in [0.4, 0.5) is 19.0 Å². The van der Waals surface area contributed by atoms with Crippen LogP contribution in [0.15, 0.2) is 12.1 Å². The molecule has 0 radical (unpaired) electrons. The summed E-state index contributed by atoms with van der Waals surface area (Å²) < 4.78 is 38.3. The zero-order valence-electron chi connectivity index (χ0n) is 10.1. The van der Waals surface area contributed by atoms with Crippen LogP contribution < -0.4 is 4.90 Å². The van der Waals surface area contributed by atoms with Crippen LogP contribution in [-0.2, 0) is 5.88 Å². The molecule has 19 heavy (non-hydrogen) atoms. The van der Waals surface area contributed by atoms with Gasteiger partial charge in [-0.15, -0.1) is 11.6 Å². The van der Waals surface area contributed by atoms with Crippen molar-refractivity contribution < 1.29 is 13.2 Å². The third kappa shape index (κ3) is 3.45. The van der Waals surface area contributed by atoms with Gasteiger partial charge in [0.05, 0.1) is 22.5 Å². The summed E-state index contributed by atoms with van der Waals surface area (Å²) in [5.41, 5.74) is 0.495. The molecule has 1 atom stereocenters. The third-order valence-electron chi connectivity index (χ3n) is 3.24. The Morgan fingerprint density at radius 1 is 1.37 bits per heavy atom. The number of piperidine rings is 1. The summed E-state index contributed by atoms with van der Waals surface area (Å²) in [6.45, 7) is 0.517. The predicted octanol–water partition coefficient (Wildman–Crippen LogP) is 4.25. The molecule has 1 unspecified atom stereocenters. The summed E-state index contributed by atoms with van der Waals surface area (Å²) in [6, 6.07) is 3.26. The second-order valence-corrected chi connectivity index (χ2v) is 5.23. The van der Waals surface area contributed by atoms with Gasteiger partial charge < -0.3 is 4.90 Å². The molecule has 2 nitrogen and oxygen atoms in total. The molecule has 1 aromatic rings.